The number of carbonyl (C=O) groups is 1. The van der Waals surface area contributed by atoms with E-state index in [1.165, 1.54) is 17.8 Å². The van der Waals surface area contributed by atoms with E-state index in [4.69, 9.17) is 11.6 Å². The van der Waals surface area contributed by atoms with Crippen LogP contribution in [0.25, 0.3) is 0 Å². The van der Waals surface area contributed by atoms with Crippen molar-refractivity contribution in [3.05, 3.63) is 22.7 Å². The smallest absolute Gasteiger partial charge is 0.234 e. The maximum atomic E-state index is 11.9. The molecule has 1 heterocycles. The molecule has 0 bridgehead atoms. The molecule has 1 aliphatic rings. The lowest BCUT2D eigenvalue weighted by molar-refractivity contribution is -0.113. The number of phenols is 1. The van der Waals surface area contributed by atoms with Gasteiger partial charge in [-0.25, -0.2) is 8.42 Å². The number of thioether (sulfide) groups is 1. The lowest BCUT2D eigenvalue weighted by Crippen LogP contribution is -2.17. The minimum absolute atomic E-state index is 0.0128. The van der Waals surface area contributed by atoms with Gasteiger partial charge in [0.2, 0.25) is 5.91 Å². The van der Waals surface area contributed by atoms with E-state index in [-0.39, 0.29) is 39.9 Å². The van der Waals surface area contributed by atoms with Gasteiger partial charge in [0.15, 0.2) is 9.84 Å². The second kappa shape index (κ2) is 6.46. The molecule has 116 valence electrons. The summed E-state index contributed by atoms with van der Waals surface area (Å²) in [4.78, 5) is 11.9. The second-order valence-corrected chi connectivity index (χ2v) is 8.96. The van der Waals surface area contributed by atoms with Crippen molar-refractivity contribution in [1.82, 2.24) is 0 Å². The summed E-state index contributed by atoms with van der Waals surface area (Å²) in [5, 5.41) is 12.8. The second-order valence-electron chi connectivity index (χ2n) is 5.00. The molecule has 0 saturated carbocycles. The number of halogens is 1. The van der Waals surface area contributed by atoms with Gasteiger partial charge in [0, 0.05) is 10.3 Å². The van der Waals surface area contributed by atoms with Gasteiger partial charge >= 0.3 is 0 Å². The summed E-state index contributed by atoms with van der Waals surface area (Å²) < 4.78 is 22.7. The van der Waals surface area contributed by atoms with Crippen molar-refractivity contribution in [3.8, 4) is 5.75 Å². The van der Waals surface area contributed by atoms with Crippen molar-refractivity contribution in [2.75, 3.05) is 22.6 Å². The van der Waals surface area contributed by atoms with Crippen molar-refractivity contribution in [3.63, 3.8) is 0 Å². The molecule has 0 spiro atoms. The molecule has 1 fully saturated rings. The fraction of sp³-hybridized carbons (Fsp3) is 0.462. The largest absolute Gasteiger partial charge is 0.505 e. The number of carbonyl (C=O) groups excluding carboxylic acids is 1. The number of hydrogen-bond donors (Lipinski definition) is 2. The van der Waals surface area contributed by atoms with Crippen LogP contribution in [0.15, 0.2) is 12.1 Å². The number of rotatable bonds is 4. The molecule has 5 nitrogen and oxygen atoms in total. The van der Waals surface area contributed by atoms with Crippen LogP contribution in [0.5, 0.6) is 5.75 Å². The fourth-order valence-electron chi connectivity index (χ4n) is 2.10. The Kier molecular flexibility index (Phi) is 5.06. The Bertz CT molecular complexity index is 660. The van der Waals surface area contributed by atoms with Crippen LogP contribution in [-0.4, -0.2) is 41.9 Å². The normalized spacial score (nSPS) is 20.4. The Labute approximate surface area is 133 Å². The van der Waals surface area contributed by atoms with E-state index in [2.05, 4.69) is 5.32 Å². The lowest BCUT2D eigenvalue weighted by atomic mass is 10.2. The van der Waals surface area contributed by atoms with Gasteiger partial charge < -0.3 is 10.4 Å². The highest BCUT2D eigenvalue weighted by molar-refractivity contribution is 8.02. The van der Waals surface area contributed by atoms with Gasteiger partial charge in [0.05, 0.1) is 22.9 Å². The van der Waals surface area contributed by atoms with E-state index in [0.29, 0.717) is 17.0 Å². The summed E-state index contributed by atoms with van der Waals surface area (Å²) in [6.07, 6.45) is 0.585. The van der Waals surface area contributed by atoms with Crippen LogP contribution in [0.3, 0.4) is 0 Å². The zero-order valence-electron chi connectivity index (χ0n) is 11.4. The fourth-order valence-corrected chi connectivity index (χ4v) is 5.82. The Morgan fingerprint density at radius 2 is 2.24 bits per heavy atom. The van der Waals surface area contributed by atoms with Crippen LogP contribution in [0.1, 0.15) is 12.0 Å². The standard InChI is InChI=1S/C13H16ClNO4S2/c1-8-4-9(14)5-11(13(8)17)15-12(16)6-20-10-2-3-21(18,19)7-10/h4-5,10,17H,2-3,6-7H2,1H3,(H,15,16)/t10-/m0/s1. The predicted molar refractivity (Wildman–Crippen MR) is 86.0 cm³/mol. The maximum absolute atomic E-state index is 11.9. The van der Waals surface area contributed by atoms with Gasteiger partial charge in [-0.2, -0.15) is 0 Å². The van der Waals surface area contributed by atoms with Crippen molar-refractivity contribution < 1.29 is 18.3 Å². The van der Waals surface area contributed by atoms with Gasteiger partial charge in [-0.05, 0) is 31.0 Å². The number of aromatic hydroxyl groups is 1. The first-order valence-electron chi connectivity index (χ1n) is 6.38. The van der Waals surface area contributed by atoms with E-state index in [0.717, 1.165) is 0 Å². The summed E-state index contributed by atoms with van der Waals surface area (Å²) in [5.74, 6) is 0.167. The molecule has 8 heteroatoms. The molecule has 0 aliphatic carbocycles. The van der Waals surface area contributed by atoms with Crippen LogP contribution in [-0.2, 0) is 14.6 Å². The molecule has 1 atom stereocenters. The molecule has 0 unspecified atom stereocenters. The molecule has 1 aromatic carbocycles. The SMILES string of the molecule is Cc1cc(Cl)cc(NC(=O)CS[C@H]2CCS(=O)(=O)C2)c1O. The predicted octanol–water partition coefficient (Wildman–Crippen LogP) is 2.21. The average molecular weight is 350 g/mol. The van der Waals surface area contributed by atoms with Crippen LogP contribution in [0, 0.1) is 6.92 Å². The van der Waals surface area contributed by atoms with Crippen LogP contribution in [0.2, 0.25) is 5.02 Å². The van der Waals surface area contributed by atoms with Gasteiger partial charge in [-0.1, -0.05) is 11.6 Å². The first-order chi connectivity index (χ1) is 9.77. The van der Waals surface area contributed by atoms with Crippen molar-refractivity contribution in [2.45, 2.75) is 18.6 Å². The van der Waals surface area contributed by atoms with E-state index in [9.17, 15) is 18.3 Å². The summed E-state index contributed by atoms with van der Waals surface area (Å²) >= 11 is 7.21. The Balaban J connectivity index is 1.91. The topological polar surface area (TPSA) is 83.5 Å². The monoisotopic (exact) mass is 349 g/mol. The highest BCUT2D eigenvalue weighted by atomic mass is 35.5. The van der Waals surface area contributed by atoms with Gasteiger partial charge in [0.25, 0.3) is 0 Å². The first kappa shape index (κ1) is 16.5. The maximum Gasteiger partial charge on any atom is 0.234 e. The number of benzene rings is 1. The van der Waals surface area contributed by atoms with Gasteiger partial charge in [0.1, 0.15) is 5.75 Å². The van der Waals surface area contributed by atoms with Crippen molar-refractivity contribution >= 4 is 44.8 Å². The number of anilines is 1. The molecule has 2 rings (SSSR count). The Hall–Kier alpha value is -0.920. The highest BCUT2D eigenvalue weighted by Gasteiger charge is 2.28. The minimum atomic E-state index is -2.93. The van der Waals surface area contributed by atoms with Crippen LogP contribution < -0.4 is 5.32 Å². The molecular formula is C13H16ClNO4S2. The zero-order chi connectivity index (χ0) is 15.6. The number of phenolic OH excluding ortho intramolecular Hbond substituents is 1. The summed E-state index contributed by atoms with van der Waals surface area (Å²) in [7, 11) is -2.93. The minimum Gasteiger partial charge on any atom is -0.505 e. The molecule has 21 heavy (non-hydrogen) atoms. The third-order valence-corrected chi connectivity index (χ3v) is 6.68. The summed E-state index contributed by atoms with van der Waals surface area (Å²) in [5.41, 5.74) is 0.844. The number of nitrogens with one attached hydrogen (secondary N) is 1. The van der Waals surface area contributed by atoms with Crippen LogP contribution in [0.4, 0.5) is 5.69 Å². The molecule has 1 aromatic rings. The van der Waals surface area contributed by atoms with Gasteiger partial charge in [-0.15, -0.1) is 11.8 Å². The number of amides is 1. The zero-order valence-corrected chi connectivity index (χ0v) is 13.8. The quantitative estimate of drug-likeness (QED) is 0.814. The molecule has 0 aromatic heterocycles. The van der Waals surface area contributed by atoms with Gasteiger partial charge in [-0.3, -0.25) is 4.79 Å². The van der Waals surface area contributed by atoms with Crippen molar-refractivity contribution in [2.24, 2.45) is 0 Å². The van der Waals surface area contributed by atoms with Crippen molar-refractivity contribution in [1.29, 1.82) is 0 Å². The Morgan fingerprint density at radius 1 is 1.52 bits per heavy atom. The average Bonchev–Trinajstić information content (AvgIpc) is 2.72. The molecule has 1 saturated heterocycles. The highest BCUT2D eigenvalue weighted by Crippen LogP contribution is 2.31. The lowest BCUT2D eigenvalue weighted by Gasteiger charge is -2.11. The van der Waals surface area contributed by atoms with Crippen LogP contribution >= 0.6 is 23.4 Å². The molecule has 2 N–H and O–H groups in total. The summed E-state index contributed by atoms with van der Waals surface area (Å²) in [6, 6.07) is 3.08. The molecule has 1 amide bonds. The molecule has 1 aliphatic heterocycles. The number of sulfone groups is 1. The van der Waals surface area contributed by atoms with E-state index < -0.39 is 9.84 Å². The molecular weight excluding hydrogens is 334 g/mol. The van der Waals surface area contributed by atoms with E-state index in [1.54, 1.807) is 13.0 Å². The third-order valence-electron chi connectivity index (χ3n) is 3.18. The third kappa shape index (κ3) is 4.52. The van der Waals surface area contributed by atoms with E-state index in [1.807, 2.05) is 0 Å². The summed E-state index contributed by atoms with van der Waals surface area (Å²) in [6.45, 7) is 1.69. The number of hydrogen-bond acceptors (Lipinski definition) is 5. The first-order valence-corrected chi connectivity index (χ1v) is 9.62. The Morgan fingerprint density at radius 3 is 2.86 bits per heavy atom. The molecule has 0 radical (unpaired) electrons. The number of aryl methyl sites for hydroxylation is 1. The van der Waals surface area contributed by atoms with E-state index >= 15 is 0 Å².